The second-order valence-corrected chi connectivity index (χ2v) is 4.91. The fourth-order valence-electron chi connectivity index (χ4n) is 2.11. The Balaban J connectivity index is 1.88. The number of likely N-dealkylation sites (tertiary alicyclic amines) is 1. The molecule has 0 aliphatic carbocycles. The summed E-state index contributed by atoms with van der Waals surface area (Å²) in [5, 5.41) is 3.28. The number of aromatic nitrogens is 1. The molecule has 0 spiro atoms. The number of hydrogen-bond donors (Lipinski definition) is 1. The molecule has 1 aliphatic rings. The molecule has 1 aliphatic heterocycles. The summed E-state index contributed by atoms with van der Waals surface area (Å²) in [6, 6.07) is 5.92. The molecule has 1 saturated heterocycles. The van der Waals surface area contributed by atoms with Gasteiger partial charge < -0.3 is 15.0 Å². The Morgan fingerprint density at radius 3 is 2.89 bits per heavy atom. The van der Waals surface area contributed by atoms with Crippen LogP contribution in [-0.4, -0.2) is 42.7 Å². The third-order valence-electron chi connectivity index (χ3n) is 3.23. The maximum atomic E-state index is 5.95. The molecular weight excluding hydrogens is 226 g/mol. The molecule has 1 aromatic heterocycles. The minimum absolute atomic E-state index is 0.315. The van der Waals surface area contributed by atoms with E-state index in [1.807, 2.05) is 18.2 Å². The number of ether oxygens (including phenoxy) is 1. The predicted octanol–water partition coefficient (Wildman–Crippen LogP) is 2.38. The fraction of sp³-hybridized carbons (Fsp3) is 0.643. The van der Waals surface area contributed by atoms with Crippen molar-refractivity contribution in [2.45, 2.75) is 32.3 Å². The van der Waals surface area contributed by atoms with E-state index in [0.717, 1.165) is 50.6 Å². The molecular formula is C14H23N3O. The Morgan fingerprint density at radius 2 is 2.17 bits per heavy atom. The van der Waals surface area contributed by atoms with Gasteiger partial charge in [-0.2, -0.15) is 4.98 Å². The van der Waals surface area contributed by atoms with Crippen LogP contribution in [0.4, 0.5) is 5.82 Å². The zero-order chi connectivity index (χ0) is 12.8. The van der Waals surface area contributed by atoms with Gasteiger partial charge in [0, 0.05) is 25.7 Å². The Hall–Kier alpha value is -1.29. The third kappa shape index (κ3) is 3.88. The molecule has 0 radical (unpaired) electrons. The molecule has 4 nitrogen and oxygen atoms in total. The highest BCUT2D eigenvalue weighted by molar-refractivity contribution is 5.36. The van der Waals surface area contributed by atoms with Crippen molar-refractivity contribution in [2.75, 3.05) is 32.0 Å². The van der Waals surface area contributed by atoms with Crippen molar-refractivity contribution in [3.8, 4) is 5.88 Å². The molecule has 2 rings (SSSR count). The van der Waals surface area contributed by atoms with Crippen molar-refractivity contribution in [3.05, 3.63) is 18.2 Å². The van der Waals surface area contributed by atoms with E-state index in [0.29, 0.717) is 6.10 Å². The average Bonchev–Trinajstić information content (AvgIpc) is 2.40. The lowest BCUT2D eigenvalue weighted by molar-refractivity contribution is 0.110. The Kier molecular flexibility index (Phi) is 4.81. The molecule has 0 atom stereocenters. The number of hydrogen-bond acceptors (Lipinski definition) is 4. The van der Waals surface area contributed by atoms with Gasteiger partial charge >= 0.3 is 0 Å². The van der Waals surface area contributed by atoms with Crippen LogP contribution in [0.5, 0.6) is 5.88 Å². The summed E-state index contributed by atoms with van der Waals surface area (Å²) in [6.45, 7) is 5.31. The van der Waals surface area contributed by atoms with Crippen LogP contribution >= 0.6 is 0 Å². The van der Waals surface area contributed by atoms with Gasteiger partial charge in [0.1, 0.15) is 11.9 Å². The molecule has 0 amide bonds. The van der Waals surface area contributed by atoms with E-state index in [9.17, 15) is 0 Å². The molecule has 2 heterocycles. The van der Waals surface area contributed by atoms with Gasteiger partial charge in [-0.1, -0.05) is 13.0 Å². The summed E-state index contributed by atoms with van der Waals surface area (Å²) >= 11 is 0. The number of rotatable bonds is 5. The number of pyridine rings is 1. The topological polar surface area (TPSA) is 37.4 Å². The van der Waals surface area contributed by atoms with Gasteiger partial charge in [-0.05, 0) is 32.4 Å². The van der Waals surface area contributed by atoms with Crippen LogP contribution in [-0.2, 0) is 0 Å². The normalized spacial score (nSPS) is 17.7. The fourth-order valence-corrected chi connectivity index (χ4v) is 2.11. The Labute approximate surface area is 109 Å². The maximum absolute atomic E-state index is 5.95. The molecule has 1 aromatic rings. The molecule has 0 aromatic carbocycles. The van der Waals surface area contributed by atoms with Gasteiger partial charge in [-0.15, -0.1) is 0 Å². The number of nitrogens with one attached hydrogen (secondary N) is 1. The van der Waals surface area contributed by atoms with Crippen molar-refractivity contribution in [1.82, 2.24) is 9.88 Å². The van der Waals surface area contributed by atoms with Crippen molar-refractivity contribution < 1.29 is 4.74 Å². The van der Waals surface area contributed by atoms with Crippen LogP contribution < -0.4 is 10.1 Å². The van der Waals surface area contributed by atoms with E-state index in [-0.39, 0.29) is 0 Å². The minimum atomic E-state index is 0.315. The van der Waals surface area contributed by atoms with Gasteiger partial charge in [0.25, 0.3) is 0 Å². The molecule has 0 saturated carbocycles. The summed E-state index contributed by atoms with van der Waals surface area (Å²) in [4.78, 5) is 6.82. The van der Waals surface area contributed by atoms with E-state index >= 15 is 0 Å². The van der Waals surface area contributed by atoms with Crippen LogP contribution in [0.2, 0.25) is 0 Å². The van der Waals surface area contributed by atoms with E-state index in [1.165, 1.54) is 0 Å². The summed E-state index contributed by atoms with van der Waals surface area (Å²) in [7, 11) is 2.16. The standard InChI is InChI=1S/C14H23N3O/c1-3-9-15-13-5-4-6-14(16-13)18-12-7-10-17(2)11-8-12/h4-6,12H,3,7-11H2,1-2H3,(H,15,16). The van der Waals surface area contributed by atoms with E-state index in [4.69, 9.17) is 4.74 Å². The molecule has 100 valence electrons. The molecule has 0 bridgehead atoms. The summed E-state index contributed by atoms with van der Waals surface area (Å²) in [5.41, 5.74) is 0. The molecule has 4 heteroatoms. The SMILES string of the molecule is CCCNc1cccc(OC2CCN(C)CC2)n1. The third-order valence-corrected chi connectivity index (χ3v) is 3.23. The zero-order valence-electron chi connectivity index (χ0n) is 11.4. The highest BCUT2D eigenvalue weighted by Crippen LogP contribution is 2.18. The van der Waals surface area contributed by atoms with Crippen LogP contribution in [0.15, 0.2) is 18.2 Å². The summed E-state index contributed by atoms with van der Waals surface area (Å²) in [5.74, 6) is 1.65. The second kappa shape index (κ2) is 6.59. The van der Waals surface area contributed by atoms with Gasteiger partial charge in [0.15, 0.2) is 0 Å². The van der Waals surface area contributed by atoms with Gasteiger partial charge in [0.2, 0.25) is 5.88 Å². The van der Waals surface area contributed by atoms with E-state index in [1.54, 1.807) is 0 Å². The lowest BCUT2D eigenvalue weighted by Crippen LogP contribution is -2.35. The largest absolute Gasteiger partial charge is 0.474 e. The minimum Gasteiger partial charge on any atom is -0.474 e. The molecule has 1 N–H and O–H groups in total. The Bertz CT molecular complexity index is 362. The summed E-state index contributed by atoms with van der Waals surface area (Å²) < 4.78 is 5.95. The highest BCUT2D eigenvalue weighted by Gasteiger charge is 2.18. The van der Waals surface area contributed by atoms with Crippen molar-refractivity contribution in [1.29, 1.82) is 0 Å². The van der Waals surface area contributed by atoms with Crippen molar-refractivity contribution in [3.63, 3.8) is 0 Å². The van der Waals surface area contributed by atoms with Crippen molar-refractivity contribution >= 4 is 5.82 Å². The van der Waals surface area contributed by atoms with Crippen LogP contribution in [0, 0.1) is 0 Å². The first-order valence-electron chi connectivity index (χ1n) is 6.84. The average molecular weight is 249 g/mol. The quantitative estimate of drug-likeness (QED) is 0.869. The highest BCUT2D eigenvalue weighted by atomic mass is 16.5. The van der Waals surface area contributed by atoms with E-state index in [2.05, 4.69) is 29.2 Å². The second-order valence-electron chi connectivity index (χ2n) is 4.91. The predicted molar refractivity (Wildman–Crippen MR) is 74.2 cm³/mol. The first kappa shape index (κ1) is 13.1. The van der Waals surface area contributed by atoms with Crippen molar-refractivity contribution in [2.24, 2.45) is 0 Å². The molecule has 1 fully saturated rings. The smallest absolute Gasteiger partial charge is 0.215 e. The molecule has 18 heavy (non-hydrogen) atoms. The Morgan fingerprint density at radius 1 is 1.39 bits per heavy atom. The molecule has 0 unspecified atom stereocenters. The van der Waals surface area contributed by atoms with Gasteiger partial charge in [0.05, 0.1) is 0 Å². The van der Waals surface area contributed by atoms with Gasteiger partial charge in [-0.3, -0.25) is 0 Å². The first-order chi connectivity index (χ1) is 8.78. The first-order valence-corrected chi connectivity index (χ1v) is 6.84. The number of piperidine rings is 1. The van der Waals surface area contributed by atoms with Crippen LogP contribution in [0.25, 0.3) is 0 Å². The number of nitrogens with zero attached hydrogens (tertiary/aromatic N) is 2. The summed E-state index contributed by atoms with van der Waals surface area (Å²) in [6.07, 6.45) is 3.59. The maximum Gasteiger partial charge on any atom is 0.215 e. The number of anilines is 1. The van der Waals surface area contributed by atoms with Crippen LogP contribution in [0.1, 0.15) is 26.2 Å². The van der Waals surface area contributed by atoms with Gasteiger partial charge in [-0.25, -0.2) is 0 Å². The lowest BCUT2D eigenvalue weighted by Gasteiger charge is -2.28. The lowest BCUT2D eigenvalue weighted by atomic mass is 10.1. The van der Waals surface area contributed by atoms with Crippen LogP contribution in [0.3, 0.4) is 0 Å². The monoisotopic (exact) mass is 249 g/mol. The zero-order valence-corrected chi connectivity index (χ0v) is 11.4. The van der Waals surface area contributed by atoms with E-state index < -0.39 is 0 Å².